The minimum absolute atomic E-state index is 0.0849. The van der Waals surface area contributed by atoms with Crippen molar-refractivity contribution in [1.29, 1.82) is 0 Å². The number of benzene rings is 1. The predicted octanol–water partition coefficient (Wildman–Crippen LogP) is 2.86. The van der Waals surface area contributed by atoms with Crippen LogP contribution >= 0.6 is 11.6 Å². The second-order valence-electron chi connectivity index (χ2n) is 6.94. The van der Waals surface area contributed by atoms with Gasteiger partial charge in [-0.1, -0.05) is 37.6 Å². The number of carbonyl (C=O) groups is 3. The van der Waals surface area contributed by atoms with Gasteiger partial charge >= 0.3 is 11.9 Å². The standard InChI is InChI=1S/C18H22ClNO5/c1-11(2)9-14(12-3-5-13(19)6-4-12)15(21)20-8-7-18(10-20,16(22)23)17(24)25/h3-6,11,14H,7-10H2,1-2H3,(H,22,23)(H,24,25). The Bertz CT molecular complexity index is 657. The zero-order valence-corrected chi connectivity index (χ0v) is 15.0. The zero-order valence-electron chi connectivity index (χ0n) is 14.2. The van der Waals surface area contributed by atoms with Gasteiger partial charge < -0.3 is 15.1 Å². The van der Waals surface area contributed by atoms with Crippen LogP contribution in [0.3, 0.4) is 0 Å². The smallest absolute Gasteiger partial charge is 0.322 e. The van der Waals surface area contributed by atoms with Gasteiger partial charge in [0.1, 0.15) is 0 Å². The highest BCUT2D eigenvalue weighted by molar-refractivity contribution is 6.30. The van der Waals surface area contributed by atoms with E-state index in [1.54, 1.807) is 24.3 Å². The van der Waals surface area contributed by atoms with E-state index >= 15 is 0 Å². The molecule has 1 atom stereocenters. The Morgan fingerprint density at radius 1 is 1.16 bits per heavy atom. The Hall–Kier alpha value is -2.08. The van der Waals surface area contributed by atoms with Crippen LogP contribution in [0.15, 0.2) is 24.3 Å². The molecule has 1 heterocycles. The topological polar surface area (TPSA) is 94.9 Å². The summed E-state index contributed by atoms with van der Waals surface area (Å²) in [4.78, 5) is 37.3. The Morgan fingerprint density at radius 3 is 2.16 bits per heavy atom. The van der Waals surface area contributed by atoms with Crippen LogP contribution in [0.1, 0.15) is 38.2 Å². The maximum Gasteiger partial charge on any atom is 0.322 e. The number of halogens is 1. The van der Waals surface area contributed by atoms with Crippen molar-refractivity contribution in [2.24, 2.45) is 11.3 Å². The number of hydrogen-bond acceptors (Lipinski definition) is 3. The molecule has 1 amide bonds. The van der Waals surface area contributed by atoms with E-state index in [9.17, 15) is 24.6 Å². The van der Waals surface area contributed by atoms with Crippen LogP contribution in [0, 0.1) is 11.3 Å². The number of hydrogen-bond donors (Lipinski definition) is 2. The van der Waals surface area contributed by atoms with Gasteiger partial charge in [0.05, 0.1) is 5.92 Å². The lowest BCUT2D eigenvalue weighted by Gasteiger charge is -2.26. The summed E-state index contributed by atoms with van der Waals surface area (Å²) in [5.74, 6) is -3.24. The first kappa shape index (κ1) is 19.2. The van der Waals surface area contributed by atoms with Crippen LogP contribution in [0.2, 0.25) is 5.02 Å². The van der Waals surface area contributed by atoms with Gasteiger partial charge in [0.2, 0.25) is 5.91 Å². The van der Waals surface area contributed by atoms with Crippen molar-refractivity contribution in [2.45, 2.75) is 32.6 Å². The minimum Gasteiger partial charge on any atom is -0.480 e. The quantitative estimate of drug-likeness (QED) is 0.754. The fourth-order valence-electron chi connectivity index (χ4n) is 3.20. The fourth-order valence-corrected chi connectivity index (χ4v) is 3.33. The number of carboxylic acids is 2. The molecule has 1 saturated heterocycles. The number of nitrogens with zero attached hydrogens (tertiary/aromatic N) is 1. The van der Waals surface area contributed by atoms with Crippen molar-refractivity contribution < 1.29 is 24.6 Å². The van der Waals surface area contributed by atoms with Crippen LogP contribution in [0.5, 0.6) is 0 Å². The first-order chi connectivity index (χ1) is 11.7. The molecule has 2 N–H and O–H groups in total. The van der Waals surface area contributed by atoms with E-state index in [-0.39, 0.29) is 31.3 Å². The van der Waals surface area contributed by atoms with E-state index in [4.69, 9.17) is 11.6 Å². The number of carboxylic acid groups (broad SMARTS) is 2. The third kappa shape index (κ3) is 3.95. The van der Waals surface area contributed by atoms with Crippen molar-refractivity contribution in [3.8, 4) is 0 Å². The second-order valence-corrected chi connectivity index (χ2v) is 7.37. The van der Waals surface area contributed by atoms with Crippen molar-refractivity contribution >= 4 is 29.4 Å². The number of amides is 1. The summed E-state index contributed by atoms with van der Waals surface area (Å²) < 4.78 is 0. The van der Waals surface area contributed by atoms with Crippen LogP contribution < -0.4 is 0 Å². The summed E-state index contributed by atoms with van der Waals surface area (Å²) in [6.45, 7) is 3.82. The highest BCUT2D eigenvalue weighted by Crippen LogP contribution is 2.35. The van der Waals surface area contributed by atoms with Crippen molar-refractivity contribution in [2.75, 3.05) is 13.1 Å². The van der Waals surface area contributed by atoms with Gasteiger partial charge in [0.15, 0.2) is 5.41 Å². The molecule has 0 bridgehead atoms. The fraction of sp³-hybridized carbons (Fsp3) is 0.500. The van der Waals surface area contributed by atoms with Crippen molar-refractivity contribution in [3.05, 3.63) is 34.9 Å². The van der Waals surface area contributed by atoms with Gasteiger partial charge in [-0.15, -0.1) is 0 Å². The molecule has 0 saturated carbocycles. The first-order valence-electron chi connectivity index (χ1n) is 8.18. The van der Waals surface area contributed by atoms with Crippen molar-refractivity contribution in [3.63, 3.8) is 0 Å². The van der Waals surface area contributed by atoms with E-state index in [1.807, 2.05) is 13.8 Å². The molecule has 0 aliphatic carbocycles. The average Bonchev–Trinajstić information content (AvgIpc) is 2.99. The highest BCUT2D eigenvalue weighted by Gasteiger charge is 2.53. The molecule has 2 rings (SSSR count). The first-order valence-corrected chi connectivity index (χ1v) is 8.56. The number of rotatable bonds is 6. The molecule has 1 aliphatic heterocycles. The molecule has 7 heteroatoms. The monoisotopic (exact) mass is 367 g/mol. The van der Waals surface area contributed by atoms with E-state index in [0.29, 0.717) is 11.4 Å². The van der Waals surface area contributed by atoms with Crippen molar-refractivity contribution in [1.82, 2.24) is 4.90 Å². The molecular formula is C18H22ClNO5. The van der Waals surface area contributed by atoms with E-state index in [2.05, 4.69) is 0 Å². The molecule has 136 valence electrons. The van der Waals surface area contributed by atoms with Gasteiger partial charge in [0, 0.05) is 18.1 Å². The normalized spacial score (nSPS) is 17.5. The molecular weight excluding hydrogens is 346 g/mol. The number of aliphatic carboxylic acids is 2. The van der Waals surface area contributed by atoms with Gasteiger partial charge in [0.25, 0.3) is 0 Å². The molecule has 1 aromatic rings. The third-order valence-corrected chi connectivity index (χ3v) is 4.93. The van der Waals surface area contributed by atoms with Crippen LogP contribution in [-0.2, 0) is 14.4 Å². The molecule has 1 fully saturated rings. The van der Waals surface area contributed by atoms with Crippen LogP contribution in [0.25, 0.3) is 0 Å². The molecule has 0 spiro atoms. The molecule has 1 aromatic carbocycles. The molecule has 0 aromatic heterocycles. The number of likely N-dealkylation sites (tertiary alicyclic amines) is 1. The Kier molecular flexibility index (Phi) is 5.72. The SMILES string of the molecule is CC(C)CC(C(=O)N1CCC(C(=O)O)(C(=O)O)C1)c1ccc(Cl)cc1. The summed E-state index contributed by atoms with van der Waals surface area (Å²) in [7, 11) is 0. The molecule has 6 nitrogen and oxygen atoms in total. The summed E-state index contributed by atoms with van der Waals surface area (Å²) in [6, 6.07) is 6.98. The Morgan fingerprint density at radius 2 is 1.72 bits per heavy atom. The largest absolute Gasteiger partial charge is 0.480 e. The van der Waals surface area contributed by atoms with Gasteiger partial charge in [-0.25, -0.2) is 0 Å². The van der Waals surface area contributed by atoms with E-state index in [1.165, 1.54) is 4.90 Å². The lowest BCUT2D eigenvalue weighted by Crippen LogP contribution is -2.43. The lowest BCUT2D eigenvalue weighted by atomic mass is 9.87. The van der Waals surface area contributed by atoms with Crippen LogP contribution in [-0.4, -0.2) is 46.0 Å². The summed E-state index contributed by atoms with van der Waals surface area (Å²) in [5.41, 5.74) is -1.12. The molecule has 1 aliphatic rings. The molecule has 0 radical (unpaired) electrons. The van der Waals surface area contributed by atoms with Gasteiger partial charge in [-0.05, 0) is 36.5 Å². The van der Waals surface area contributed by atoms with Crippen LogP contribution in [0.4, 0.5) is 0 Å². The van der Waals surface area contributed by atoms with E-state index < -0.39 is 23.3 Å². The third-order valence-electron chi connectivity index (χ3n) is 4.68. The number of carbonyl (C=O) groups excluding carboxylic acids is 1. The predicted molar refractivity (Wildman–Crippen MR) is 92.5 cm³/mol. The maximum atomic E-state index is 13.0. The Balaban J connectivity index is 2.27. The van der Waals surface area contributed by atoms with Gasteiger partial charge in [-0.2, -0.15) is 0 Å². The van der Waals surface area contributed by atoms with E-state index in [0.717, 1.165) is 5.56 Å². The Labute approximate surface area is 151 Å². The lowest BCUT2D eigenvalue weighted by molar-refractivity contribution is -0.163. The molecule has 25 heavy (non-hydrogen) atoms. The average molecular weight is 368 g/mol. The molecule has 1 unspecified atom stereocenters. The maximum absolute atomic E-state index is 13.0. The zero-order chi connectivity index (χ0) is 18.8. The summed E-state index contributed by atoms with van der Waals surface area (Å²) in [5, 5.41) is 19.2. The van der Waals surface area contributed by atoms with Gasteiger partial charge in [-0.3, -0.25) is 14.4 Å². The second kappa shape index (κ2) is 7.44. The summed E-state index contributed by atoms with van der Waals surface area (Å²) in [6.07, 6.45) is 0.503. The summed E-state index contributed by atoms with van der Waals surface area (Å²) >= 11 is 5.91. The minimum atomic E-state index is -1.92. The highest BCUT2D eigenvalue weighted by atomic mass is 35.5.